The molecule has 1 heterocycles. The first-order chi connectivity index (χ1) is 8.19. The smallest absolute Gasteiger partial charge is 0.125 e. The average molecular weight is 238 g/mol. The Kier molecular flexibility index (Phi) is 3.64. The molecule has 17 heavy (non-hydrogen) atoms. The van der Waals surface area contributed by atoms with E-state index in [-0.39, 0.29) is 18.0 Å². The van der Waals surface area contributed by atoms with Crippen LogP contribution in [0.1, 0.15) is 12.8 Å². The first-order valence-corrected chi connectivity index (χ1v) is 5.99. The fourth-order valence-electron chi connectivity index (χ4n) is 2.44. The Hall–Kier alpha value is -1.13. The molecule has 2 rings (SSSR count). The second-order valence-electron chi connectivity index (χ2n) is 4.69. The van der Waals surface area contributed by atoms with Crippen LogP contribution in [0.5, 0.6) is 0 Å². The number of rotatable bonds is 3. The Balaban J connectivity index is 2.17. The highest BCUT2D eigenvalue weighted by Gasteiger charge is 2.33. The first kappa shape index (κ1) is 12.3. The fourth-order valence-corrected chi connectivity index (χ4v) is 2.44. The van der Waals surface area contributed by atoms with E-state index < -0.39 is 0 Å². The molecule has 2 N–H and O–H groups in total. The molecule has 1 fully saturated rings. The van der Waals surface area contributed by atoms with Gasteiger partial charge in [-0.2, -0.15) is 0 Å². The van der Waals surface area contributed by atoms with Crippen molar-refractivity contribution >= 4 is 5.69 Å². The van der Waals surface area contributed by atoms with Gasteiger partial charge in [0.1, 0.15) is 5.82 Å². The highest BCUT2D eigenvalue weighted by atomic mass is 19.1. The number of hydrogen-bond acceptors (Lipinski definition) is 3. The second kappa shape index (κ2) is 5.02. The van der Waals surface area contributed by atoms with Crippen LogP contribution in [0.2, 0.25) is 0 Å². The third-order valence-electron chi connectivity index (χ3n) is 3.58. The van der Waals surface area contributed by atoms with Gasteiger partial charge >= 0.3 is 0 Å². The molecule has 1 aliphatic heterocycles. The maximum Gasteiger partial charge on any atom is 0.125 e. The van der Waals surface area contributed by atoms with E-state index in [2.05, 4.69) is 10.2 Å². The SMILES string of the molecule is CNC1(CO)CCCN(c2cccc(F)c2)C1. The summed E-state index contributed by atoms with van der Waals surface area (Å²) >= 11 is 0. The summed E-state index contributed by atoms with van der Waals surface area (Å²) in [6.07, 6.45) is 1.95. The van der Waals surface area contributed by atoms with E-state index in [1.807, 2.05) is 13.1 Å². The highest BCUT2D eigenvalue weighted by molar-refractivity contribution is 5.47. The molecular formula is C13H19FN2O. The number of nitrogens with one attached hydrogen (secondary N) is 1. The maximum absolute atomic E-state index is 13.2. The zero-order valence-corrected chi connectivity index (χ0v) is 10.1. The van der Waals surface area contributed by atoms with E-state index in [0.717, 1.165) is 25.1 Å². The van der Waals surface area contributed by atoms with Crippen molar-refractivity contribution in [2.45, 2.75) is 18.4 Å². The van der Waals surface area contributed by atoms with Crippen LogP contribution in [0, 0.1) is 5.82 Å². The van der Waals surface area contributed by atoms with Crippen molar-refractivity contribution in [2.24, 2.45) is 0 Å². The van der Waals surface area contributed by atoms with Crippen molar-refractivity contribution in [2.75, 3.05) is 31.6 Å². The van der Waals surface area contributed by atoms with Crippen LogP contribution < -0.4 is 10.2 Å². The number of piperidine rings is 1. The van der Waals surface area contributed by atoms with E-state index in [4.69, 9.17) is 0 Å². The predicted octanol–water partition coefficient (Wildman–Crippen LogP) is 1.38. The predicted molar refractivity (Wildman–Crippen MR) is 66.7 cm³/mol. The molecule has 1 aromatic rings. The molecule has 1 saturated heterocycles. The van der Waals surface area contributed by atoms with E-state index in [1.54, 1.807) is 12.1 Å². The van der Waals surface area contributed by atoms with Crippen LogP contribution >= 0.6 is 0 Å². The standard InChI is InChI=1S/C13H19FN2O/c1-15-13(10-17)6-3-7-16(9-13)12-5-2-4-11(14)8-12/h2,4-5,8,15,17H,3,6-7,9-10H2,1H3. The molecule has 0 spiro atoms. The summed E-state index contributed by atoms with van der Waals surface area (Å²) in [4.78, 5) is 2.12. The van der Waals surface area contributed by atoms with Gasteiger partial charge in [0, 0.05) is 18.8 Å². The molecule has 3 nitrogen and oxygen atoms in total. The Morgan fingerprint density at radius 3 is 3.00 bits per heavy atom. The monoisotopic (exact) mass is 238 g/mol. The number of likely N-dealkylation sites (N-methyl/N-ethyl adjacent to an activating group) is 1. The summed E-state index contributed by atoms with van der Waals surface area (Å²) in [7, 11) is 1.87. The molecule has 0 saturated carbocycles. The van der Waals surface area contributed by atoms with Crippen LogP contribution in [-0.4, -0.2) is 37.4 Å². The van der Waals surface area contributed by atoms with Crippen molar-refractivity contribution in [1.82, 2.24) is 5.32 Å². The second-order valence-corrected chi connectivity index (χ2v) is 4.69. The van der Waals surface area contributed by atoms with Crippen molar-refractivity contribution in [3.63, 3.8) is 0 Å². The third kappa shape index (κ3) is 2.58. The number of aliphatic hydroxyl groups is 1. The molecule has 0 amide bonds. The summed E-state index contributed by atoms with van der Waals surface area (Å²) < 4.78 is 13.2. The van der Waals surface area contributed by atoms with Gasteiger partial charge in [-0.15, -0.1) is 0 Å². The van der Waals surface area contributed by atoms with Crippen LogP contribution in [-0.2, 0) is 0 Å². The quantitative estimate of drug-likeness (QED) is 0.835. The van der Waals surface area contributed by atoms with Gasteiger partial charge in [-0.25, -0.2) is 4.39 Å². The molecule has 1 aromatic carbocycles. The van der Waals surface area contributed by atoms with E-state index >= 15 is 0 Å². The molecule has 0 bridgehead atoms. The normalized spacial score (nSPS) is 25.0. The number of hydrogen-bond donors (Lipinski definition) is 2. The number of halogens is 1. The van der Waals surface area contributed by atoms with Crippen molar-refractivity contribution < 1.29 is 9.50 Å². The summed E-state index contributed by atoms with van der Waals surface area (Å²) in [5.74, 6) is -0.216. The van der Waals surface area contributed by atoms with E-state index in [1.165, 1.54) is 6.07 Å². The summed E-state index contributed by atoms with van der Waals surface area (Å²) in [5.41, 5.74) is 0.627. The Labute approximate surface area is 101 Å². The minimum absolute atomic E-state index is 0.106. The molecule has 4 heteroatoms. The van der Waals surface area contributed by atoms with Crippen LogP contribution in [0.3, 0.4) is 0 Å². The Morgan fingerprint density at radius 2 is 2.35 bits per heavy atom. The average Bonchev–Trinajstić information content (AvgIpc) is 2.39. The minimum Gasteiger partial charge on any atom is -0.394 e. The Morgan fingerprint density at radius 1 is 1.53 bits per heavy atom. The molecule has 1 aliphatic rings. The zero-order valence-electron chi connectivity index (χ0n) is 10.1. The molecule has 1 atom stereocenters. The van der Waals surface area contributed by atoms with Gasteiger partial charge in [0.2, 0.25) is 0 Å². The summed E-state index contributed by atoms with van der Waals surface area (Å²) in [5, 5.41) is 12.7. The molecule has 0 radical (unpaired) electrons. The molecular weight excluding hydrogens is 219 g/mol. The van der Waals surface area contributed by atoms with Gasteiger partial charge < -0.3 is 15.3 Å². The lowest BCUT2D eigenvalue weighted by Crippen LogP contribution is -2.58. The lowest BCUT2D eigenvalue weighted by Gasteiger charge is -2.42. The lowest BCUT2D eigenvalue weighted by atomic mass is 9.89. The number of nitrogens with zero attached hydrogens (tertiary/aromatic N) is 1. The molecule has 1 unspecified atom stereocenters. The van der Waals surface area contributed by atoms with Crippen LogP contribution in [0.25, 0.3) is 0 Å². The largest absolute Gasteiger partial charge is 0.394 e. The van der Waals surface area contributed by atoms with Crippen molar-refractivity contribution in [3.8, 4) is 0 Å². The molecule has 0 aromatic heterocycles. The topological polar surface area (TPSA) is 35.5 Å². The molecule has 0 aliphatic carbocycles. The highest BCUT2D eigenvalue weighted by Crippen LogP contribution is 2.25. The van der Waals surface area contributed by atoms with Crippen molar-refractivity contribution in [1.29, 1.82) is 0 Å². The van der Waals surface area contributed by atoms with E-state index in [9.17, 15) is 9.50 Å². The zero-order chi connectivity index (χ0) is 12.3. The van der Waals surface area contributed by atoms with Gasteiger partial charge in [0.15, 0.2) is 0 Å². The summed E-state index contributed by atoms with van der Waals surface area (Å²) in [6.45, 7) is 1.73. The van der Waals surface area contributed by atoms with Gasteiger partial charge in [-0.05, 0) is 38.1 Å². The maximum atomic E-state index is 13.2. The van der Waals surface area contributed by atoms with Crippen molar-refractivity contribution in [3.05, 3.63) is 30.1 Å². The number of benzene rings is 1. The van der Waals surface area contributed by atoms with Gasteiger partial charge in [-0.3, -0.25) is 0 Å². The minimum atomic E-state index is -0.259. The third-order valence-corrected chi connectivity index (χ3v) is 3.58. The number of aliphatic hydroxyl groups excluding tert-OH is 1. The van der Waals surface area contributed by atoms with Crippen LogP contribution in [0.4, 0.5) is 10.1 Å². The molecule has 94 valence electrons. The lowest BCUT2D eigenvalue weighted by molar-refractivity contribution is 0.149. The van der Waals surface area contributed by atoms with Gasteiger partial charge in [0.25, 0.3) is 0 Å². The fraction of sp³-hybridized carbons (Fsp3) is 0.538. The van der Waals surface area contributed by atoms with Gasteiger partial charge in [-0.1, -0.05) is 6.07 Å². The first-order valence-electron chi connectivity index (χ1n) is 5.99. The van der Waals surface area contributed by atoms with Crippen LogP contribution in [0.15, 0.2) is 24.3 Å². The van der Waals surface area contributed by atoms with Gasteiger partial charge in [0.05, 0.1) is 12.1 Å². The Bertz CT molecular complexity index is 379. The van der Waals surface area contributed by atoms with E-state index in [0.29, 0.717) is 6.54 Å². The number of anilines is 1. The summed E-state index contributed by atoms with van der Waals surface area (Å²) in [6, 6.07) is 6.62.